The highest BCUT2D eigenvalue weighted by Gasteiger charge is 2.17. The first-order chi connectivity index (χ1) is 8.06. The lowest BCUT2D eigenvalue weighted by Gasteiger charge is -2.12. The van der Waals surface area contributed by atoms with Crippen molar-refractivity contribution < 1.29 is 14.8 Å². The van der Waals surface area contributed by atoms with Gasteiger partial charge in [-0.15, -0.1) is 0 Å². The van der Waals surface area contributed by atoms with Gasteiger partial charge in [-0.05, 0) is 12.1 Å². The third-order valence-electron chi connectivity index (χ3n) is 2.14. The highest BCUT2D eigenvalue weighted by molar-refractivity contribution is 5.74. The zero-order chi connectivity index (χ0) is 12.8. The maximum atomic E-state index is 10.8. The molecule has 0 amide bonds. The van der Waals surface area contributed by atoms with Crippen LogP contribution < -0.4 is 11.1 Å². The van der Waals surface area contributed by atoms with Crippen LogP contribution in [0.3, 0.4) is 0 Å². The summed E-state index contributed by atoms with van der Waals surface area (Å²) in [5.74, 6) is 0. The van der Waals surface area contributed by atoms with Crippen molar-refractivity contribution in [1.82, 2.24) is 0 Å². The zero-order valence-electron chi connectivity index (χ0n) is 9.42. The molecule has 17 heavy (non-hydrogen) atoms. The van der Waals surface area contributed by atoms with Gasteiger partial charge in [0.1, 0.15) is 11.4 Å². The Bertz CT molecular complexity index is 397. The summed E-state index contributed by atoms with van der Waals surface area (Å²) in [6, 6.07) is 4.59. The van der Waals surface area contributed by atoms with Gasteiger partial charge in [-0.1, -0.05) is 6.07 Å². The van der Waals surface area contributed by atoms with Crippen LogP contribution in [-0.2, 0) is 4.74 Å². The third-order valence-corrected chi connectivity index (χ3v) is 2.14. The summed E-state index contributed by atoms with van der Waals surface area (Å²) in [5, 5.41) is 23.0. The standard InChI is InChI=1S/C10H15N3O4/c1-17-6-7(14)5-12-9-4-2-3-8(11)10(9)13(15)16/h2-4,7,12,14H,5-6,11H2,1H3. The average molecular weight is 241 g/mol. The van der Waals surface area contributed by atoms with Crippen molar-refractivity contribution in [2.24, 2.45) is 0 Å². The van der Waals surface area contributed by atoms with Crippen LogP contribution in [0.15, 0.2) is 18.2 Å². The summed E-state index contributed by atoms with van der Waals surface area (Å²) in [6.45, 7) is 0.307. The molecule has 0 aliphatic heterocycles. The predicted octanol–water partition coefficient (Wildman–Crippen LogP) is 0.596. The normalized spacial score (nSPS) is 12.1. The number of nitrogens with one attached hydrogen (secondary N) is 1. The number of nitrogens with two attached hydrogens (primary N) is 1. The first-order valence-corrected chi connectivity index (χ1v) is 5.00. The smallest absolute Gasteiger partial charge is 0.314 e. The number of methoxy groups -OCH3 is 1. The lowest BCUT2D eigenvalue weighted by atomic mass is 10.2. The van der Waals surface area contributed by atoms with Crippen molar-refractivity contribution in [2.45, 2.75) is 6.10 Å². The number of aliphatic hydroxyl groups is 1. The van der Waals surface area contributed by atoms with Gasteiger partial charge < -0.3 is 20.9 Å². The van der Waals surface area contributed by atoms with Gasteiger partial charge in [0.25, 0.3) is 0 Å². The number of hydrogen-bond donors (Lipinski definition) is 3. The number of nitrogens with zero attached hydrogens (tertiary/aromatic N) is 1. The minimum atomic E-state index is -0.735. The molecule has 0 radical (unpaired) electrons. The number of hydrogen-bond acceptors (Lipinski definition) is 6. The van der Waals surface area contributed by atoms with E-state index in [9.17, 15) is 15.2 Å². The molecule has 0 aromatic heterocycles. The monoisotopic (exact) mass is 241 g/mol. The Morgan fingerprint density at radius 1 is 1.65 bits per heavy atom. The maximum Gasteiger partial charge on any atom is 0.314 e. The number of nitrogen functional groups attached to an aromatic ring is 1. The first-order valence-electron chi connectivity index (χ1n) is 5.00. The van der Waals surface area contributed by atoms with Crippen molar-refractivity contribution in [1.29, 1.82) is 0 Å². The highest BCUT2D eigenvalue weighted by atomic mass is 16.6. The summed E-state index contributed by atoms with van der Waals surface area (Å²) in [6.07, 6.45) is -0.735. The molecule has 4 N–H and O–H groups in total. The molecule has 0 saturated carbocycles. The predicted molar refractivity (Wildman–Crippen MR) is 63.9 cm³/mol. The number of ether oxygens (including phenoxy) is 1. The van der Waals surface area contributed by atoms with E-state index in [1.54, 1.807) is 6.07 Å². The van der Waals surface area contributed by atoms with Crippen molar-refractivity contribution in [3.8, 4) is 0 Å². The van der Waals surface area contributed by atoms with E-state index in [4.69, 9.17) is 10.5 Å². The van der Waals surface area contributed by atoms with Gasteiger partial charge in [0.15, 0.2) is 0 Å². The SMILES string of the molecule is COCC(O)CNc1cccc(N)c1[N+](=O)[O-]. The van der Waals surface area contributed by atoms with Crippen molar-refractivity contribution in [3.05, 3.63) is 28.3 Å². The van der Waals surface area contributed by atoms with Gasteiger partial charge in [0.2, 0.25) is 0 Å². The molecular weight excluding hydrogens is 226 g/mol. The molecular formula is C10H15N3O4. The topological polar surface area (TPSA) is 111 Å². The minimum absolute atomic E-state index is 0.0845. The second-order valence-corrected chi connectivity index (χ2v) is 3.49. The largest absolute Gasteiger partial charge is 0.393 e. The minimum Gasteiger partial charge on any atom is -0.393 e. The van der Waals surface area contributed by atoms with E-state index >= 15 is 0 Å². The second-order valence-electron chi connectivity index (χ2n) is 3.49. The highest BCUT2D eigenvalue weighted by Crippen LogP contribution is 2.30. The summed E-state index contributed by atoms with van der Waals surface area (Å²) >= 11 is 0. The quantitative estimate of drug-likeness (QED) is 0.382. The van der Waals surface area contributed by atoms with Gasteiger partial charge in [0, 0.05) is 13.7 Å². The lowest BCUT2D eigenvalue weighted by Crippen LogP contribution is -2.24. The summed E-state index contributed by atoms with van der Waals surface area (Å²) in [7, 11) is 1.46. The Hall–Kier alpha value is -1.86. The van der Waals surface area contributed by atoms with Crippen LogP contribution in [0.1, 0.15) is 0 Å². The van der Waals surface area contributed by atoms with Gasteiger partial charge in [-0.2, -0.15) is 0 Å². The van der Waals surface area contributed by atoms with Crippen molar-refractivity contribution in [2.75, 3.05) is 31.3 Å². The number of benzene rings is 1. The van der Waals surface area contributed by atoms with Crippen LogP contribution in [0, 0.1) is 10.1 Å². The van der Waals surface area contributed by atoms with Crippen LogP contribution in [-0.4, -0.2) is 36.4 Å². The Kier molecular flexibility index (Phi) is 4.68. The molecule has 1 atom stereocenters. The fourth-order valence-electron chi connectivity index (χ4n) is 1.39. The molecule has 0 fully saturated rings. The summed E-state index contributed by atoms with van der Waals surface area (Å²) in [4.78, 5) is 10.3. The summed E-state index contributed by atoms with van der Waals surface area (Å²) in [5.41, 5.74) is 5.70. The van der Waals surface area contributed by atoms with Crippen LogP contribution in [0.5, 0.6) is 0 Å². The van der Waals surface area contributed by atoms with Crippen LogP contribution in [0.25, 0.3) is 0 Å². The molecule has 1 aromatic carbocycles. The molecule has 0 saturated heterocycles. The zero-order valence-corrected chi connectivity index (χ0v) is 9.42. The Morgan fingerprint density at radius 2 is 2.35 bits per heavy atom. The molecule has 0 bridgehead atoms. The number of nitro groups is 1. The number of anilines is 2. The Morgan fingerprint density at radius 3 is 2.94 bits per heavy atom. The van der Waals surface area contributed by atoms with Gasteiger partial charge in [0.05, 0.1) is 17.6 Å². The first kappa shape index (κ1) is 13.2. The lowest BCUT2D eigenvalue weighted by molar-refractivity contribution is -0.383. The molecule has 94 valence electrons. The number of aliphatic hydroxyl groups excluding tert-OH is 1. The van der Waals surface area contributed by atoms with Crippen LogP contribution in [0.2, 0.25) is 0 Å². The fraction of sp³-hybridized carbons (Fsp3) is 0.400. The molecule has 0 aliphatic carbocycles. The van der Waals surface area contributed by atoms with E-state index in [-0.39, 0.29) is 30.2 Å². The Labute approximate surface area is 98.3 Å². The fourth-order valence-corrected chi connectivity index (χ4v) is 1.39. The van der Waals surface area contributed by atoms with E-state index in [1.165, 1.54) is 19.2 Å². The molecule has 0 heterocycles. The molecule has 1 aromatic rings. The van der Waals surface area contributed by atoms with Crippen molar-refractivity contribution >= 4 is 17.1 Å². The van der Waals surface area contributed by atoms with E-state index in [0.717, 1.165) is 0 Å². The van der Waals surface area contributed by atoms with E-state index < -0.39 is 11.0 Å². The van der Waals surface area contributed by atoms with E-state index in [0.29, 0.717) is 0 Å². The van der Waals surface area contributed by atoms with Gasteiger partial charge in [-0.3, -0.25) is 10.1 Å². The maximum absolute atomic E-state index is 10.8. The van der Waals surface area contributed by atoms with Crippen molar-refractivity contribution in [3.63, 3.8) is 0 Å². The molecule has 0 aliphatic rings. The van der Waals surface area contributed by atoms with Gasteiger partial charge >= 0.3 is 5.69 Å². The second kappa shape index (κ2) is 6.02. The number of nitro benzene ring substituents is 1. The van der Waals surface area contributed by atoms with Crippen LogP contribution >= 0.6 is 0 Å². The number of para-hydroxylation sites is 1. The number of rotatable bonds is 6. The molecule has 0 spiro atoms. The Balaban J connectivity index is 2.77. The van der Waals surface area contributed by atoms with Crippen LogP contribution in [0.4, 0.5) is 17.1 Å². The van der Waals surface area contributed by atoms with Gasteiger partial charge in [-0.25, -0.2) is 0 Å². The summed E-state index contributed by atoms with van der Waals surface area (Å²) < 4.78 is 4.74. The molecule has 7 nitrogen and oxygen atoms in total. The van der Waals surface area contributed by atoms with E-state index in [2.05, 4.69) is 5.32 Å². The molecule has 1 unspecified atom stereocenters. The molecule has 7 heteroatoms. The average Bonchev–Trinajstić information content (AvgIpc) is 2.26. The molecule has 1 rings (SSSR count). The third kappa shape index (κ3) is 3.58. The van der Waals surface area contributed by atoms with E-state index in [1.807, 2.05) is 0 Å².